The van der Waals surface area contributed by atoms with Gasteiger partial charge in [0.25, 0.3) is 0 Å². The van der Waals surface area contributed by atoms with Gasteiger partial charge in [-0.25, -0.2) is 4.98 Å². The molecule has 1 heterocycles. The molecule has 0 N–H and O–H groups in total. The summed E-state index contributed by atoms with van der Waals surface area (Å²) < 4.78 is 8.68. The van der Waals surface area contributed by atoms with E-state index < -0.39 is 0 Å². The fourth-order valence-corrected chi connectivity index (χ4v) is 4.87. The second-order valence-electron chi connectivity index (χ2n) is 10.6. The van der Waals surface area contributed by atoms with Crippen LogP contribution in [-0.4, -0.2) is 16.2 Å². The van der Waals surface area contributed by atoms with E-state index in [1.54, 1.807) is 0 Å². The summed E-state index contributed by atoms with van der Waals surface area (Å²) in [5.41, 5.74) is 7.49. The number of hydrogen-bond acceptors (Lipinski definition) is 2. The zero-order chi connectivity index (χ0) is 24.9. The average molecular weight is 469 g/mol. The van der Waals surface area contributed by atoms with Crippen molar-refractivity contribution in [1.29, 1.82) is 0 Å². The number of ether oxygens (including phenoxy) is 1. The quantitative estimate of drug-likeness (QED) is 0.219. The van der Waals surface area contributed by atoms with Crippen molar-refractivity contribution in [3.63, 3.8) is 0 Å². The summed E-state index contributed by atoms with van der Waals surface area (Å²) in [6.45, 7) is 14.9. The molecule has 0 bridgehead atoms. The molecule has 0 aliphatic rings. The van der Waals surface area contributed by atoms with Gasteiger partial charge in [-0.15, -0.1) is 0 Å². The monoisotopic (exact) mass is 468 g/mol. The third kappa shape index (κ3) is 5.96. The smallest absolute Gasteiger partial charge is 0.123 e. The third-order valence-electron chi connectivity index (χ3n) is 6.77. The van der Waals surface area contributed by atoms with Gasteiger partial charge in [-0.2, -0.15) is 0 Å². The molecule has 35 heavy (non-hydrogen) atoms. The van der Waals surface area contributed by atoms with E-state index in [9.17, 15) is 0 Å². The minimum absolute atomic E-state index is 0.223. The van der Waals surface area contributed by atoms with Gasteiger partial charge in [-0.05, 0) is 72.1 Å². The van der Waals surface area contributed by atoms with E-state index >= 15 is 0 Å². The molecule has 0 saturated carbocycles. The standard InChI is InChI=1S/C32H40N2O/c1-22(2)20-26-13-15-27(16-14-26)25(6)32-33-29-10-7-8-11-30(29)34(32)18-9-19-35-31-21-24(5)12-17-28(31)23(3)4/h7-8,10-17,21-23,25H,9,18-20H2,1-6H3. The molecule has 3 heteroatoms. The second kappa shape index (κ2) is 11.1. The first-order valence-corrected chi connectivity index (χ1v) is 13.1. The van der Waals surface area contributed by atoms with Gasteiger partial charge in [-0.3, -0.25) is 0 Å². The van der Waals surface area contributed by atoms with Crippen molar-refractivity contribution in [2.24, 2.45) is 5.92 Å². The number of nitrogens with zero attached hydrogens (tertiary/aromatic N) is 2. The van der Waals surface area contributed by atoms with Crippen molar-refractivity contribution in [2.45, 2.75) is 72.8 Å². The van der Waals surface area contributed by atoms with Crippen molar-refractivity contribution in [1.82, 2.24) is 9.55 Å². The van der Waals surface area contributed by atoms with E-state index in [0.717, 1.165) is 36.5 Å². The van der Waals surface area contributed by atoms with Gasteiger partial charge >= 0.3 is 0 Å². The highest BCUT2D eigenvalue weighted by molar-refractivity contribution is 5.76. The van der Waals surface area contributed by atoms with Crippen molar-refractivity contribution in [2.75, 3.05) is 6.61 Å². The highest BCUT2D eigenvalue weighted by Crippen LogP contribution is 2.30. The molecule has 0 amide bonds. The molecule has 0 radical (unpaired) electrons. The molecule has 1 atom stereocenters. The summed E-state index contributed by atoms with van der Waals surface area (Å²) in [5.74, 6) is 3.48. The number of aryl methyl sites for hydroxylation is 2. The summed E-state index contributed by atoms with van der Waals surface area (Å²) in [7, 11) is 0. The Hall–Kier alpha value is -3.07. The second-order valence-corrected chi connectivity index (χ2v) is 10.6. The van der Waals surface area contributed by atoms with E-state index in [1.165, 1.54) is 27.8 Å². The van der Waals surface area contributed by atoms with E-state index in [0.29, 0.717) is 18.4 Å². The van der Waals surface area contributed by atoms with Crippen LogP contribution in [0.1, 0.15) is 81.0 Å². The molecule has 3 nitrogen and oxygen atoms in total. The summed E-state index contributed by atoms with van der Waals surface area (Å²) in [5, 5.41) is 0. The zero-order valence-electron chi connectivity index (χ0n) is 22.2. The van der Waals surface area contributed by atoms with Crippen LogP contribution in [0.25, 0.3) is 11.0 Å². The Kier molecular flexibility index (Phi) is 7.95. The molecule has 4 aromatic rings. The van der Waals surface area contributed by atoms with Crippen molar-refractivity contribution >= 4 is 11.0 Å². The molecule has 0 aliphatic heterocycles. The van der Waals surface area contributed by atoms with Gasteiger partial charge in [0.1, 0.15) is 11.6 Å². The first-order chi connectivity index (χ1) is 16.8. The van der Waals surface area contributed by atoms with Gasteiger partial charge in [0.2, 0.25) is 0 Å². The summed E-state index contributed by atoms with van der Waals surface area (Å²) in [6.07, 6.45) is 2.05. The molecule has 4 rings (SSSR count). The van der Waals surface area contributed by atoms with Crippen LogP contribution in [0.15, 0.2) is 66.7 Å². The van der Waals surface area contributed by atoms with Crippen LogP contribution in [-0.2, 0) is 13.0 Å². The molecule has 184 valence electrons. The number of hydrogen-bond donors (Lipinski definition) is 0. The lowest BCUT2D eigenvalue weighted by Crippen LogP contribution is -2.11. The van der Waals surface area contributed by atoms with E-state index in [2.05, 4.69) is 113 Å². The van der Waals surface area contributed by atoms with Crippen molar-refractivity contribution in [3.8, 4) is 5.75 Å². The van der Waals surface area contributed by atoms with Crippen molar-refractivity contribution < 1.29 is 4.74 Å². The Morgan fingerprint density at radius 2 is 1.63 bits per heavy atom. The van der Waals surface area contributed by atoms with Crippen LogP contribution in [0, 0.1) is 12.8 Å². The zero-order valence-corrected chi connectivity index (χ0v) is 22.2. The molecule has 3 aromatic carbocycles. The highest BCUT2D eigenvalue weighted by atomic mass is 16.5. The number of aromatic nitrogens is 2. The molecule has 0 aliphatic carbocycles. The lowest BCUT2D eigenvalue weighted by atomic mass is 9.96. The van der Waals surface area contributed by atoms with Crippen LogP contribution < -0.4 is 4.74 Å². The average Bonchev–Trinajstić information content (AvgIpc) is 3.20. The van der Waals surface area contributed by atoms with Crippen LogP contribution >= 0.6 is 0 Å². The normalized spacial score (nSPS) is 12.6. The van der Waals surface area contributed by atoms with Crippen LogP contribution in [0.3, 0.4) is 0 Å². The molecule has 0 fully saturated rings. The number of imidazole rings is 1. The SMILES string of the molecule is Cc1ccc(C(C)C)c(OCCCn2c(C(C)c3ccc(CC(C)C)cc3)nc3ccccc32)c1. The van der Waals surface area contributed by atoms with Crippen LogP contribution in [0.2, 0.25) is 0 Å². The predicted molar refractivity (Wildman–Crippen MR) is 148 cm³/mol. The Balaban J connectivity index is 1.52. The fourth-order valence-electron chi connectivity index (χ4n) is 4.87. The summed E-state index contributed by atoms with van der Waals surface area (Å²) in [6, 6.07) is 24.1. The maximum Gasteiger partial charge on any atom is 0.123 e. The third-order valence-corrected chi connectivity index (χ3v) is 6.77. The molecule has 1 aromatic heterocycles. The largest absolute Gasteiger partial charge is 0.493 e. The van der Waals surface area contributed by atoms with Gasteiger partial charge in [-0.1, -0.05) is 83.1 Å². The first-order valence-electron chi connectivity index (χ1n) is 13.1. The van der Waals surface area contributed by atoms with Crippen LogP contribution in [0.5, 0.6) is 5.75 Å². The fraction of sp³-hybridized carbons (Fsp3) is 0.406. The Morgan fingerprint density at radius 3 is 2.34 bits per heavy atom. The predicted octanol–water partition coefficient (Wildman–Crippen LogP) is 8.29. The minimum atomic E-state index is 0.223. The van der Waals surface area contributed by atoms with E-state index in [4.69, 9.17) is 9.72 Å². The number of rotatable bonds is 10. The Morgan fingerprint density at radius 1 is 0.886 bits per heavy atom. The van der Waals surface area contributed by atoms with E-state index in [1.807, 2.05) is 0 Å². The summed E-state index contributed by atoms with van der Waals surface area (Å²) in [4.78, 5) is 5.07. The van der Waals surface area contributed by atoms with Gasteiger partial charge in [0, 0.05) is 12.5 Å². The van der Waals surface area contributed by atoms with Gasteiger partial charge < -0.3 is 9.30 Å². The summed E-state index contributed by atoms with van der Waals surface area (Å²) >= 11 is 0. The lowest BCUT2D eigenvalue weighted by Gasteiger charge is -2.17. The van der Waals surface area contributed by atoms with Crippen molar-refractivity contribution in [3.05, 3.63) is 94.8 Å². The number of para-hydroxylation sites is 2. The topological polar surface area (TPSA) is 27.1 Å². The minimum Gasteiger partial charge on any atom is -0.493 e. The maximum atomic E-state index is 6.29. The van der Waals surface area contributed by atoms with Gasteiger partial charge in [0.15, 0.2) is 0 Å². The molecule has 1 unspecified atom stereocenters. The van der Waals surface area contributed by atoms with Gasteiger partial charge in [0.05, 0.1) is 17.6 Å². The Bertz CT molecular complexity index is 1250. The maximum absolute atomic E-state index is 6.29. The number of fused-ring (bicyclic) bond motifs is 1. The molecule has 0 saturated heterocycles. The molecular weight excluding hydrogens is 428 g/mol. The molecule has 0 spiro atoms. The van der Waals surface area contributed by atoms with E-state index in [-0.39, 0.29) is 5.92 Å². The first kappa shape index (κ1) is 25.0. The Labute approximate surface area is 211 Å². The molecular formula is C32H40N2O. The number of benzene rings is 3. The van der Waals surface area contributed by atoms with Crippen LogP contribution in [0.4, 0.5) is 0 Å². The highest BCUT2D eigenvalue weighted by Gasteiger charge is 2.18. The lowest BCUT2D eigenvalue weighted by molar-refractivity contribution is 0.297.